The van der Waals surface area contributed by atoms with Crippen LogP contribution in [0.15, 0.2) is 30.5 Å². The van der Waals surface area contributed by atoms with Crippen LogP contribution in [0, 0.1) is 11.8 Å². The van der Waals surface area contributed by atoms with Gasteiger partial charge in [0, 0.05) is 35.6 Å². The first kappa shape index (κ1) is 9.82. The van der Waals surface area contributed by atoms with E-state index in [2.05, 4.69) is 40.3 Å². The van der Waals surface area contributed by atoms with Gasteiger partial charge >= 0.3 is 0 Å². The minimum atomic E-state index is 0.886. The average molecular weight is 198 g/mol. The molecule has 2 aromatic rings. The third-order valence-corrected chi connectivity index (χ3v) is 2.32. The Morgan fingerprint density at radius 3 is 3.13 bits per heavy atom. The van der Waals surface area contributed by atoms with Gasteiger partial charge in [0.25, 0.3) is 0 Å². The molecule has 1 aromatic carbocycles. The molecule has 0 atom stereocenters. The van der Waals surface area contributed by atoms with Crippen LogP contribution in [0.3, 0.4) is 0 Å². The van der Waals surface area contributed by atoms with Crippen molar-refractivity contribution in [1.29, 1.82) is 0 Å². The highest BCUT2D eigenvalue weighted by Crippen LogP contribution is 2.15. The molecule has 1 heterocycles. The van der Waals surface area contributed by atoms with Crippen LogP contribution >= 0.6 is 0 Å². The summed E-state index contributed by atoms with van der Waals surface area (Å²) in [5.41, 5.74) is 2.25. The largest absolute Gasteiger partial charge is 0.361 e. The van der Waals surface area contributed by atoms with E-state index in [0.29, 0.717) is 0 Å². The number of nitrogens with one attached hydrogen (secondary N) is 2. The summed E-state index contributed by atoms with van der Waals surface area (Å²) in [7, 11) is 1.94. The van der Waals surface area contributed by atoms with Gasteiger partial charge in [-0.25, -0.2) is 0 Å². The quantitative estimate of drug-likeness (QED) is 0.561. The summed E-state index contributed by atoms with van der Waals surface area (Å²) < 4.78 is 0. The molecule has 15 heavy (non-hydrogen) atoms. The maximum Gasteiger partial charge on any atom is 0.0466 e. The van der Waals surface area contributed by atoms with Crippen LogP contribution in [-0.2, 0) is 0 Å². The van der Waals surface area contributed by atoms with Gasteiger partial charge in [0.2, 0.25) is 0 Å². The number of benzene rings is 1. The van der Waals surface area contributed by atoms with E-state index >= 15 is 0 Å². The van der Waals surface area contributed by atoms with Gasteiger partial charge in [-0.3, -0.25) is 0 Å². The molecule has 0 saturated heterocycles. The van der Waals surface area contributed by atoms with Crippen molar-refractivity contribution in [2.45, 2.75) is 6.42 Å². The molecule has 0 bridgehead atoms. The second-order valence-electron chi connectivity index (χ2n) is 3.40. The molecular weight excluding hydrogens is 184 g/mol. The molecule has 2 heteroatoms. The minimum absolute atomic E-state index is 0.886. The van der Waals surface area contributed by atoms with Crippen molar-refractivity contribution < 1.29 is 0 Å². The molecule has 0 saturated carbocycles. The lowest BCUT2D eigenvalue weighted by Crippen LogP contribution is -2.05. The normalized spacial score (nSPS) is 9.93. The fourth-order valence-electron chi connectivity index (χ4n) is 1.54. The maximum atomic E-state index is 3.20. The van der Waals surface area contributed by atoms with E-state index in [1.165, 1.54) is 5.39 Å². The van der Waals surface area contributed by atoms with Crippen LogP contribution in [0.25, 0.3) is 10.9 Å². The van der Waals surface area contributed by atoms with E-state index in [-0.39, 0.29) is 0 Å². The molecule has 0 unspecified atom stereocenters. The summed E-state index contributed by atoms with van der Waals surface area (Å²) in [6, 6.07) is 8.22. The monoisotopic (exact) mass is 198 g/mol. The lowest BCUT2D eigenvalue weighted by molar-refractivity contribution is 0.818. The molecule has 2 N–H and O–H groups in total. The Balaban J connectivity index is 2.26. The van der Waals surface area contributed by atoms with E-state index in [0.717, 1.165) is 24.0 Å². The highest BCUT2D eigenvalue weighted by molar-refractivity contribution is 5.85. The summed E-state index contributed by atoms with van der Waals surface area (Å²) in [5.74, 6) is 6.36. The van der Waals surface area contributed by atoms with Crippen LogP contribution in [0.1, 0.15) is 12.0 Å². The Bertz CT molecular complexity index is 500. The Hall–Kier alpha value is -1.72. The van der Waals surface area contributed by atoms with Crippen molar-refractivity contribution in [2.24, 2.45) is 0 Å². The first-order valence-corrected chi connectivity index (χ1v) is 5.11. The van der Waals surface area contributed by atoms with E-state index < -0.39 is 0 Å². The molecule has 0 aliphatic carbocycles. The molecule has 0 radical (unpaired) electrons. The van der Waals surface area contributed by atoms with Gasteiger partial charge in [-0.1, -0.05) is 17.9 Å². The molecule has 0 aliphatic rings. The van der Waals surface area contributed by atoms with Crippen molar-refractivity contribution in [3.05, 3.63) is 36.0 Å². The number of fused-ring (bicyclic) bond motifs is 1. The Labute approximate surface area is 89.7 Å². The number of hydrogen-bond acceptors (Lipinski definition) is 1. The number of hydrogen-bond donors (Lipinski definition) is 2. The van der Waals surface area contributed by atoms with Crippen molar-refractivity contribution >= 4 is 10.9 Å². The van der Waals surface area contributed by atoms with Crippen molar-refractivity contribution in [3.63, 3.8) is 0 Å². The molecule has 76 valence electrons. The summed E-state index contributed by atoms with van der Waals surface area (Å²) in [6.07, 6.45) is 2.83. The first-order chi connectivity index (χ1) is 7.42. The fraction of sp³-hybridized carbons (Fsp3) is 0.231. The number of H-pyrrole nitrogens is 1. The lowest BCUT2D eigenvalue weighted by Gasteiger charge is -1.93. The van der Waals surface area contributed by atoms with Crippen molar-refractivity contribution in [3.8, 4) is 11.8 Å². The molecule has 0 fully saturated rings. The summed E-state index contributed by atoms with van der Waals surface area (Å²) in [5, 5.41) is 4.28. The number of aromatic nitrogens is 1. The van der Waals surface area contributed by atoms with Crippen LogP contribution in [0.2, 0.25) is 0 Å². The third kappa shape index (κ3) is 2.20. The molecule has 2 nitrogen and oxygen atoms in total. The molecule has 0 spiro atoms. The van der Waals surface area contributed by atoms with Crippen molar-refractivity contribution in [2.75, 3.05) is 13.6 Å². The predicted octanol–water partition coefficient (Wildman–Crippen LogP) is 2.13. The van der Waals surface area contributed by atoms with Crippen LogP contribution < -0.4 is 5.32 Å². The highest BCUT2D eigenvalue weighted by atomic mass is 14.8. The van der Waals surface area contributed by atoms with E-state index in [1.807, 2.05) is 19.3 Å². The Morgan fingerprint density at radius 1 is 1.33 bits per heavy atom. The van der Waals surface area contributed by atoms with Crippen LogP contribution in [0.4, 0.5) is 0 Å². The molecule has 0 amide bonds. The Morgan fingerprint density at radius 2 is 2.27 bits per heavy atom. The molecule has 1 aromatic heterocycles. The van der Waals surface area contributed by atoms with E-state index in [4.69, 9.17) is 0 Å². The second kappa shape index (κ2) is 4.68. The molecular formula is C13H14N2. The standard InChI is InChI=1S/C13H14N2/c1-14-9-3-2-5-11-6-4-7-13-12(11)8-10-15-13/h4,6-8,10,14-15H,3,9H2,1H3. The maximum absolute atomic E-state index is 3.20. The fourth-order valence-corrected chi connectivity index (χ4v) is 1.54. The SMILES string of the molecule is CNCCC#Cc1cccc2[nH]ccc12. The number of rotatable bonds is 2. The van der Waals surface area contributed by atoms with Gasteiger partial charge < -0.3 is 10.3 Å². The summed E-state index contributed by atoms with van der Waals surface area (Å²) in [4.78, 5) is 3.18. The average Bonchev–Trinajstić information content (AvgIpc) is 2.73. The second-order valence-corrected chi connectivity index (χ2v) is 3.40. The smallest absolute Gasteiger partial charge is 0.0466 e. The minimum Gasteiger partial charge on any atom is -0.361 e. The van der Waals surface area contributed by atoms with Gasteiger partial charge in [-0.15, -0.1) is 0 Å². The van der Waals surface area contributed by atoms with E-state index in [1.54, 1.807) is 0 Å². The summed E-state index contributed by atoms with van der Waals surface area (Å²) >= 11 is 0. The molecule has 2 rings (SSSR count). The molecule has 0 aliphatic heterocycles. The van der Waals surface area contributed by atoms with E-state index in [9.17, 15) is 0 Å². The highest BCUT2D eigenvalue weighted by Gasteiger charge is 1.96. The lowest BCUT2D eigenvalue weighted by atomic mass is 10.1. The predicted molar refractivity (Wildman–Crippen MR) is 63.7 cm³/mol. The Kier molecular flexibility index (Phi) is 3.06. The zero-order valence-electron chi connectivity index (χ0n) is 8.80. The van der Waals surface area contributed by atoms with Gasteiger partial charge in [0.1, 0.15) is 0 Å². The van der Waals surface area contributed by atoms with Crippen LogP contribution in [0.5, 0.6) is 0 Å². The van der Waals surface area contributed by atoms with Gasteiger partial charge in [-0.05, 0) is 25.2 Å². The summed E-state index contributed by atoms with van der Waals surface area (Å²) in [6.45, 7) is 0.941. The third-order valence-electron chi connectivity index (χ3n) is 2.32. The zero-order valence-corrected chi connectivity index (χ0v) is 8.80. The zero-order chi connectivity index (χ0) is 10.5. The van der Waals surface area contributed by atoms with Crippen LogP contribution in [-0.4, -0.2) is 18.6 Å². The van der Waals surface area contributed by atoms with Gasteiger partial charge in [0.15, 0.2) is 0 Å². The van der Waals surface area contributed by atoms with Gasteiger partial charge in [-0.2, -0.15) is 0 Å². The first-order valence-electron chi connectivity index (χ1n) is 5.11. The van der Waals surface area contributed by atoms with Gasteiger partial charge in [0.05, 0.1) is 0 Å². The van der Waals surface area contributed by atoms with Crippen molar-refractivity contribution in [1.82, 2.24) is 10.3 Å². The number of aromatic amines is 1. The topological polar surface area (TPSA) is 27.8 Å².